The Kier molecular flexibility index (Phi) is 5.90. The number of aryl methyl sites for hydroxylation is 2. The van der Waals surface area contributed by atoms with Crippen LogP contribution in [0.15, 0.2) is 83.3 Å². The highest BCUT2D eigenvalue weighted by Crippen LogP contribution is 2.37. The van der Waals surface area contributed by atoms with Crippen molar-refractivity contribution in [1.82, 2.24) is 4.31 Å². The molecule has 1 atom stereocenters. The van der Waals surface area contributed by atoms with Gasteiger partial charge in [0.15, 0.2) is 0 Å². The van der Waals surface area contributed by atoms with E-state index in [9.17, 15) is 13.2 Å². The molecule has 1 heterocycles. The van der Waals surface area contributed by atoms with E-state index >= 15 is 0 Å². The van der Waals surface area contributed by atoms with E-state index in [1.807, 2.05) is 68.4 Å². The molecule has 4 nitrogen and oxygen atoms in total. The molecular formula is C26H25NO3S. The van der Waals surface area contributed by atoms with Gasteiger partial charge >= 0.3 is 0 Å². The van der Waals surface area contributed by atoms with Crippen molar-refractivity contribution < 1.29 is 13.2 Å². The van der Waals surface area contributed by atoms with Crippen LogP contribution < -0.4 is 0 Å². The molecule has 0 N–H and O–H groups in total. The van der Waals surface area contributed by atoms with Gasteiger partial charge in [-0.3, -0.25) is 4.79 Å². The summed E-state index contributed by atoms with van der Waals surface area (Å²) in [5, 5.41) is 0. The number of rotatable bonds is 5. The Bertz CT molecular complexity index is 1230. The van der Waals surface area contributed by atoms with E-state index in [0.717, 1.165) is 28.5 Å². The van der Waals surface area contributed by atoms with Crippen LogP contribution >= 0.6 is 0 Å². The van der Waals surface area contributed by atoms with Crippen molar-refractivity contribution in [3.05, 3.63) is 106 Å². The number of hydrogen-bond donors (Lipinski definition) is 0. The molecular weight excluding hydrogens is 406 g/mol. The van der Waals surface area contributed by atoms with E-state index in [2.05, 4.69) is 6.08 Å². The maximum atomic E-state index is 13.3. The summed E-state index contributed by atoms with van der Waals surface area (Å²) < 4.78 is 28.2. The molecule has 31 heavy (non-hydrogen) atoms. The molecule has 3 aromatic carbocycles. The number of nitrogens with zero attached hydrogens (tertiary/aromatic N) is 1. The lowest BCUT2D eigenvalue weighted by atomic mass is 9.89. The van der Waals surface area contributed by atoms with E-state index in [1.165, 1.54) is 9.87 Å². The number of aldehydes is 1. The molecule has 0 aliphatic carbocycles. The summed E-state index contributed by atoms with van der Waals surface area (Å²) in [6.07, 6.45) is 2.90. The highest BCUT2D eigenvalue weighted by molar-refractivity contribution is 7.89. The Balaban J connectivity index is 1.77. The van der Waals surface area contributed by atoms with Crippen molar-refractivity contribution >= 4 is 22.4 Å². The van der Waals surface area contributed by atoms with Crippen LogP contribution in [-0.2, 0) is 10.0 Å². The van der Waals surface area contributed by atoms with Gasteiger partial charge in [-0.15, -0.1) is 0 Å². The highest BCUT2D eigenvalue weighted by Gasteiger charge is 2.37. The third-order valence-corrected chi connectivity index (χ3v) is 7.61. The van der Waals surface area contributed by atoms with Crippen molar-refractivity contribution in [2.75, 3.05) is 13.1 Å². The fourth-order valence-electron chi connectivity index (χ4n) is 4.00. The third-order valence-electron chi connectivity index (χ3n) is 5.78. The van der Waals surface area contributed by atoms with E-state index in [4.69, 9.17) is 0 Å². The second kappa shape index (κ2) is 8.61. The third kappa shape index (κ3) is 4.38. The first-order chi connectivity index (χ1) is 14.9. The Labute approximate surface area is 183 Å². The Morgan fingerprint density at radius 3 is 2.13 bits per heavy atom. The number of carbonyl (C=O) groups is 1. The fraction of sp³-hybridized carbons (Fsp3) is 0.192. The van der Waals surface area contributed by atoms with E-state index in [-0.39, 0.29) is 10.8 Å². The van der Waals surface area contributed by atoms with E-state index < -0.39 is 10.0 Å². The molecule has 1 unspecified atom stereocenters. The van der Waals surface area contributed by atoms with Crippen LogP contribution in [0, 0.1) is 13.8 Å². The quantitative estimate of drug-likeness (QED) is 0.535. The predicted octanol–water partition coefficient (Wildman–Crippen LogP) is 4.99. The van der Waals surface area contributed by atoms with Crippen molar-refractivity contribution in [3.63, 3.8) is 0 Å². The second-order valence-electron chi connectivity index (χ2n) is 8.04. The number of hydrogen-bond acceptors (Lipinski definition) is 3. The first-order valence-electron chi connectivity index (χ1n) is 10.3. The minimum atomic E-state index is -3.64. The van der Waals surface area contributed by atoms with Gasteiger partial charge in [0.25, 0.3) is 0 Å². The van der Waals surface area contributed by atoms with Crippen molar-refractivity contribution in [1.29, 1.82) is 0 Å². The molecule has 5 heteroatoms. The topological polar surface area (TPSA) is 54.5 Å². The molecule has 158 valence electrons. The summed E-state index contributed by atoms with van der Waals surface area (Å²) in [6, 6.07) is 22.5. The van der Waals surface area contributed by atoms with Gasteiger partial charge in [-0.2, -0.15) is 4.31 Å². The maximum absolute atomic E-state index is 13.3. The van der Waals surface area contributed by atoms with Crippen LogP contribution in [0.1, 0.15) is 38.5 Å². The van der Waals surface area contributed by atoms with Gasteiger partial charge in [0.2, 0.25) is 10.0 Å². The van der Waals surface area contributed by atoms with Gasteiger partial charge in [-0.1, -0.05) is 77.9 Å². The lowest BCUT2D eigenvalue weighted by molar-refractivity contribution is 0.112. The molecule has 1 fully saturated rings. The SMILES string of the molecule is Cc1ccc(/C=C2\CN(S(=O)(=O)c3ccc(C)cc3)CC2c2ccccc2C=O)cc1. The summed E-state index contributed by atoms with van der Waals surface area (Å²) in [5.74, 6) is -0.178. The lowest BCUT2D eigenvalue weighted by Crippen LogP contribution is -2.28. The molecule has 1 aliphatic rings. The number of sulfonamides is 1. The highest BCUT2D eigenvalue weighted by atomic mass is 32.2. The van der Waals surface area contributed by atoms with Crippen LogP contribution in [0.4, 0.5) is 0 Å². The van der Waals surface area contributed by atoms with Crippen molar-refractivity contribution in [2.24, 2.45) is 0 Å². The lowest BCUT2D eigenvalue weighted by Gasteiger charge is -2.17. The summed E-state index contributed by atoms with van der Waals surface area (Å²) >= 11 is 0. The molecule has 1 aliphatic heterocycles. The van der Waals surface area contributed by atoms with Gasteiger partial charge in [0, 0.05) is 24.6 Å². The molecule has 0 spiro atoms. The maximum Gasteiger partial charge on any atom is 0.243 e. The van der Waals surface area contributed by atoms with Crippen LogP contribution in [0.2, 0.25) is 0 Å². The summed E-state index contributed by atoms with van der Waals surface area (Å²) in [5.41, 5.74) is 5.63. The van der Waals surface area contributed by atoms with Gasteiger partial charge in [0.1, 0.15) is 6.29 Å². The average Bonchev–Trinajstić information content (AvgIpc) is 3.20. The smallest absolute Gasteiger partial charge is 0.243 e. The Morgan fingerprint density at radius 1 is 0.871 bits per heavy atom. The van der Waals surface area contributed by atoms with Gasteiger partial charge in [-0.05, 0) is 42.7 Å². The first kappa shape index (κ1) is 21.2. The normalized spacial score (nSPS) is 18.4. The second-order valence-corrected chi connectivity index (χ2v) is 9.98. The zero-order chi connectivity index (χ0) is 22.0. The zero-order valence-corrected chi connectivity index (χ0v) is 18.5. The largest absolute Gasteiger partial charge is 0.298 e. The number of benzene rings is 3. The minimum Gasteiger partial charge on any atom is -0.298 e. The minimum absolute atomic E-state index is 0.178. The van der Waals surface area contributed by atoms with E-state index in [0.29, 0.717) is 18.7 Å². The molecule has 0 saturated carbocycles. The van der Waals surface area contributed by atoms with Gasteiger partial charge in [0.05, 0.1) is 4.90 Å². The summed E-state index contributed by atoms with van der Waals surface area (Å²) in [6.45, 7) is 4.56. The molecule has 0 aromatic heterocycles. The van der Waals surface area contributed by atoms with Crippen molar-refractivity contribution in [2.45, 2.75) is 24.7 Å². The van der Waals surface area contributed by atoms with Gasteiger partial charge < -0.3 is 0 Å². The number of carbonyl (C=O) groups excluding carboxylic acids is 1. The fourth-order valence-corrected chi connectivity index (χ4v) is 5.44. The zero-order valence-electron chi connectivity index (χ0n) is 17.7. The summed E-state index contributed by atoms with van der Waals surface area (Å²) in [4.78, 5) is 12.0. The van der Waals surface area contributed by atoms with E-state index in [1.54, 1.807) is 18.2 Å². The van der Waals surface area contributed by atoms with Crippen LogP contribution in [0.25, 0.3) is 6.08 Å². The molecule has 0 bridgehead atoms. The molecule has 3 aromatic rings. The molecule has 0 amide bonds. The predicted molar refractivity (Wildman–Crippen MR) is 124 cm³/mol. The molecule has 1 saturated heterocycles. The van der Waals surface area contributed by atoms with Crippen molar-refractivity contribution in [3.8, 4) is 0 Å². The average molecular weight is 432 g/mol. The Hall–Kier alpha value is -3.02. The first-order valence-corrected chi connectivity index (χ1v) is 11.7. The van der Waals surface area contributed by atoms with Gasteiger partial charge in [-0.25, -0.2) is 8.42 Å². The molecule has 0 radical (unpaired) electrons. The van der Waals surface area contributed by atoms with Crippen LogP contribution in [0.3, 0.4) is 0 Å². The Morgan fingerprint density at radius 2 is 1.48 bits per heavy atom. The summed E-state index contributed by atoms with van der Waals surface area (Å²) in [7, 11) is -3.64. The monoisotopic (exact) mass is 431 g/mol. The standard InChI is InChI=1S/C26H25NO3S/c1-19-7-11-21(12-8-19)15-23-16-27(31(29,30)24-13-9-20(2)10-14-24)17-26(23)25-6-4-3-5-22(25)18-28/h3-15,18,26H,16-17H2,1-2H3/b23-15+. The van der Waals surface area contributed by atoms with Crippen LogP contribution in [-0.4, -0.2) is 32.1 Å². The van der Waals surface area contributed by atoms with Crippen LogP contribution in [0.5, 0.6) is 0 Å². The molecule has 4 rings (SSSR count).